The molecule has 0 atom stereocenters. The molecule has 2 N–H and O–H groups in total. The number of anilines is 3. The second kappa shape index (κ2) is 11.6. The number of aryl methyl sites for hydroxylation is 1. The van der Waals surface area contributed by atoms with Crippen molar-refractivity contribution in [1.82, 2.24) is 14.8 Å². The molecular weight excluding hydrogens is 492 g/mol. The first-order valence-electron chi connectivity index (χ1n) is 12.6. The van der Waals surface area contributed by atoms with Gasteiger partial charge in [-0.25, -0.2) is 9.83 Å². The molecule has 0 spiro atoms. The monoisotopic (exact) mass is 522 g/mol. The zero-order chi connectivity index (χ0) is 26.5. The Kier molecular flexibility index (Phi) is 7.80. The maximum Gasteiger partial charge on any atom is 0.255 e. The number of rotatable bonds is 7. The van der Waals surface area contributed by atoms with Crippen LogP contribution in [0.25, 0.3) is 16.1 Å². The van der Waals surface area contributed by atoms with Crippen LogP contribution in [-0.4, -0.2) is 53.9 Å². The topological polar surface area (TPSA) is 64.9 Å². The lowest BCUT2D eigenvalue weighted by molar-refractivity contribution is 0.102. The van der Waals surface area contributed by atoms with Crippen LogP contribution in [0.2, 0.25) is 0 Å². The first kappa shape index (κ1) is 25.6. The second-order valence-electron chi connectivity index (χ2n) is 9.58. The number of carbonyl (C=O) groups excluding carboxylic acids is 1. The molecule has 1 aliphatic rings. The number of amides is 1. The zero-order valence-electron chi connectivity index (χ0n) is 21.6. The standard InChI is InChI=1S/C30H30N6OS/c1-21-4-11-26(18-27(21)33-30-34-28(20-38-30)23-9-12-25(31-2)13-10-23)32-29(37)24-7-5-22(6-8-24)19-36-16-14-35(3)15-17-36/h4-13,18,20H,14-17,19H2,1,3H3,(H,32,37)(H,33,34). The van der Waals surface area contributed by atoms with E-state index in [2.05, 4.69) is 32.3 Å². The fraction of sp³-hybridized carbons (Fsp3) is 0.233. The number of carbonyl (C=O) groups is 1. The van der Waals surface area contributed by atoms with E-state index in [9.17, 15) is 4.79 Å². The summed E-state index contributed by atoms with van der Waals surface area (Å²) in [6.45, 7) is 14.4. The molecule has 7 nitrogen and oxygen atoms in total. The minimum Gasteiger partial charge on any atom is -0.331 e. The molecule has 38 heavy (non-hydrogen) atoms. The van der Waals surface area contributed by atoms with Crippen molar-refractivity contribution in [2.45, 2.75) is 13.5 Å². The number of hydrogen-bond acceptors (Lipinski definition) is 6. The first-order chi connectivity index (χ1) is 18.5. The second-order valence-corrected chi connectivity index (χ2v) is 10.4. The molecule has 0 unspecified atom stereocenters. The van der Waals surface area contributed by atoms with E-state index in [1.807, 2.05) is 66.9 Å². The molecule has 0 bridgehead atoms. The maximum atomic E-state index is 12.9. The van der Waals surface area contributed by atoms with Gasteiger partial charge in [0.15, 0.2) is 10.8 Å². The molecule has 3 aromatic carbocycles. The summed E-state index contributed by atoms with van der Waals surface area (Å²) in [5.41, 5.74) is 6.94. The van der Waals surface area contributed by atoms with Crippen LogP contribution in [0, 0.1) is 13.5 Å². The Balaban J connectivity index is 1.21. The average Bonchev–Trinajstić information content (AvgIpc) is 3.41. The molecule has 2 heterocycles. The molecule has 1 saturated heterocycles. The smallest absolute Gasteiger partial charge is 0.255 e. The predicted molar refractivity (Wildman–Crippen MR) is 155 cm³/mol. The quantitative estimate of drug-likeness (QED) is 0.275. The van der Waals surface area contributed by atoms with Crippen LogP contribution in [-0.2, 0) is 6.54 Å². The number of thiazole rings is 1. The lowest BCUT2D eigenvalue weighted by Crippen LogP contribution is -2.43. The van der Waals surface area contributed by atoms with Gasteiger partial charge >= 0.3 is 0 Å². The lowest BCUT2D eigenvalue weighted by atomic mass is 10.1. The Morgan fingerprint density at radius 1 is 1.03 bits per heavy atom. The third-order valence-electron chi connectivity index (χ3n) is 6.75. The van der Waals surface area contributed by atoms with E-state index >= 15 is 0 Å². The van der Waals surface area contributed by atoms with E-state index in [4.69, 9.17) is 11.6 Å². The van der Waals surface area contributed by atoms with Crippen molar-refractivity contribution in [3.05, 3.63) is 100 Å². The summed E-state index contributed by atoms with van der Waals surface area (Å²) >= 11 is 1.51. The third kappa shape index (κ3) is 6.26. The van der Waals surface area contributed by atoms with Gasteiger partial charge in [0, 0.05) is 55.0 Å². The van der Waals surface area contributed by atoms with Gasteiger partial charge in [-0.05, 0) is 54.9 Å². The Morgan fingerprint density at radius 2 is 1.76 bits per heavy atom. The average molecular weight is 523 g/mol. The highest BCUT2D eigenvalue weighted by Gasteiger charge is 2.14. The summed E-state index contributed by atoms with van der Waals surface area (Å²) in [6.07, 6.45) is 0. The van der Waals surface area contributed by atoms with Crippen molar-refractivity contribution in [2.24, 2.45) is 0 Å². The third-order valence-corrected chi connectivity index (χ3v) is 7.51. The number of piperazine rings is 1. The minimum atomic E-state index is -0.134. The molecule has 192 valence electrons. The van der Waals surface area contributed by atoms with E-state index in [-0.39, 0.29) is 5.91 Å². The van der Waals surface area contributed by atoms with Crippen LogP contribution >= 0.6 is 11.3 Å². The number of benzene rings is 3. The molecule has 0 radical (unpaired) electrons. The number of aromatic nitrogens is 1. The Bertz CT molecular complexity index is 1450. The number of nitrogens with zero attached hydrogens (tertiary/aromatic N) is 4. The zero-order valence-corrected chi connectivity index (χ0v) is 22.4. The van der Waals surface area contributed by atoms with Gasteiger partial charge in [-0.3, -0.25) is 9.69 Å². The highest BCUT2D eigenvalue weighted by Crippen LogP contribution is 2.30. The van der Waals surface area contributed by atoms with Gasteiger partial charge in [0.1, 0.15) is 0 Å². The molecular formula is C30H30N6OS. The van der Waals surface area contributed by atoms with Gasteiger partial charge in [-0.15, -0.1) is 11.3 Å². The van der Waals surface area contributed by atoms with E-state index in [1.165, 1.54) is 16.9 Å². The van der Waals surface area contributed by atoms with Crippen molar-refractivity contribution in [2.75, 3.05) is 43.9 Å². The van der Waals surface area contributed by atoms with E-state index < -0.39 is 0 Å². The van der Waals surface area contributed by atoms with Crippen LogP contribution in [0.3, 0.4) is 0 Å². The van der Waals surface area contributed by atoms with Crippen molar-refractivity contribution in [1.29, 1.82) is 0 Å². The van der Waals surface area contributed by atoms with Gasteiger partial charge in [0.2, 0.25) is 0 Å². The Labute approximate surface area is 227 Å². The van der Waals surface area contributed by atoms with Gasteiger partial charge in [-0.2, -0.15) is 0 Å². The first-order valence-corrected chi connectivity index (χ1v) is 13.5. The molecule has 8 heteroatoms. The normalized spacial score (nSPS) is 14.1. The molecule has 1 amide bonds. The van der Waals surface area contributed by atoms with Gasteiger partial charge in [0.05, 0.1) is 12.3 Å². The Hall–Kier alpha value is -4.03. The van der Waals surface area contributed by atoms with Gasteiger partial charge < -0.3 is 15.5 Å². The molecule has 0 saturated carbocycles. The fourth-order valence-corrected chi connectivity index (χ4v) is 5.08. The highest BCUT2D eigenvalue weighted by atomic mass is 32.1. The Morgan fingerprint density at radius 3 is 2.47 bits per heavy atom. The van der Waals surface area contributed by atoms with Crippen LogP contribution in [0.1, 0.15) is 21.5 Å². The predicted octanol–water partition coefficient (Wildman–Crippen LogP) is 6.41. The summed E-state index contributed by atoms with van der Waals surface area (Å²) in [7, 11) is 2.16. The summed E-state index contributed by atoms with van der Waals surface area (Å²) in [5, 5.41) is 9.16. The summed E-state index contributed by atoms with van der Waals surface area (Å²) in [4.78, 5) is 25.9. The van der Waals surface area contributed by atoms with Crippen molar-refractivity contribution in [3.8, 4) is 11.3 Å². The van der Waals surface area contributed by atoms with Crippen molar-refractivity contribution < 1.29 is 4.79 Å². The van der Waals surface area contributed by atoms with E-state index in [1.54, 1.807) is 12.1 Å². The van der Waals surface area contributed by atoms with Crippen molar-refractivity contribution in [3.63, 3.8) is 0 Å². The molecule has 1 aliphatic heterocycles. The van der Waals surface area contributed by atoms with Crippen LogP contribution in [0.5, 0.6) is 0 Å². The number of nitrogens with one attached hydrogen (secondary N) is 2. The van der Waals surface area contributed by atoms with Gasteiger partial charge in [-0.1, -0.05) is 42.5 Å². The van der Waals surface area contributed by atoms with Crippen LogP contribution in [0.15, 0.2) is 72.1 Å². The lowest BCUT2D eigenvalue weighted by Gasteiger charge is -2.32. The van der Waals surface area contributed by atoms with E-state index in [0.29, 0.717) is 11.3 Å². The minimum absolute atomic E-state index is 0.134. The number of hydrogen-bond donors (Lipinski definition) is 2. The highest BCUT2D eigenvalue weighted by molar-refractivity contribution is 7.14. The SMILES string of the molecule is [C-]#[N+]c1ccc(-c2csc(Nc3cc(NC(=O)c4ccc(CN5CCN(C)CC5)cc4)ccc3C)n2)cc1. The van der Waals surface area contributed by atoms with Crippen molar-refractivity contribution >= 4 is 39.4 Å². The largest absolute Gasteiger partial charge is 0.331 e. The molecule has 1 fully saturated rings. The molecule has 4 aromatic rings. The summed E-state index contributed by atoms with van der Waals surface area (Å²) in [5.74, 6) is -0.134. The summed E-state index contributed by atoms with van der Waals surface area (Å²) in [6, 6.07) is 21.1. The van der Waals surface area contributed by atoms with Crippen LogP contribution < -0.4 is 10.6 Å². The number of likely N-dealkylation sites (N-methyl/N-ethyl adjacent to an activating group) is 1. The molecule has 5 rings (SSSR count). The van der Waals surface area contributed by atoms with E-state index in [0.717, 1.165) is 66.1 Å². The maximum absolute atomic E-state index is 12.9. The van der Waals surface area contributed by atoms with Crippen LogP contribution in [0.4, 0.5) is 22.2 Å². The van der Waals surface area contributed by atoms with Gasteiger partial charge in [0.25, 0.3) is 5.91 Å². The fourth-order valence-electron chi connectivity index (χ4n) is 4.35. The molecule has 1 aromatic heterocycles. The molecule has 0 aliphatic carbocycles. The summed E-state index contributed by atoms with van der Waals surface area (Å²) < 4.78 is 0.